The van der Waals surface area contributed by atoms with Gasteiger partial charge in [0, 0.05) is 16.9 Å². The molecule has 3 aliphatic carbocycles. The van der Waals surface area contributed by atoms with Crippen molar-refractivity contribution in [3.8, 4) is 0 Å². The number of esters is 1. The minimum atomic E-state index is -0.949. The zero-order valence-electron chi connectivity index (χ0n) is 16.3. The quantitative estimate of drug-likeness (QED) is 0.693. The van der Waals surface area contributed by atoms with Gasteiger partial charge in [-0.15, -0.1) is 0 Å². The van der Waals surface area contributed by atoms with Crippen molar-refractivity contribution in [1.29, 1.82) is 0 Å². The molecule has 6 heteroatoms. The number of rotatable bonds is 2. The normalized spacial score (nSPS) is 40.5. The van der Waals surface area contributed by atoms with Crippen molar-refractivity contribution >= 4 is 17.5 Å². The number of ketones is 2. The highest BCUT2D eigenvalue weighted by molar-refractivity contribution is 6.08. The van der Waals surface area contributed by atoms with Gasteiger partial charge in [0.1, 0.15) is 6.10 Å². The average Bonchev–Trinajstić information content (AvgIpc) is 2.61. The predicted octanol–water partition coefficient (Wildman–Crippen LogP) is 2.49. The Morgan fingerprint density at radius 3 is 2.44 bits per heavy atom. The lowest BCUT2D eigenvalue weighted by Crippen LogP contribution is -2.66. The van der Waals surface area contributed by atoms with E-state index in [1.54, 1.807) is 13.0 Å². The molecule has 27 heavy (non-hydrogen) atoms. The van der Waals surface area contributed by atoms with Crippen molar-refractivity contribution in [3.05, 3.63) is 34.8 Å². The summed E-state index contributed by atoms with van der Waals surface area (Å²) in [4.78, 5) is 39.2. The summed E-state index contributed by atoms with van der Waals surface area (Å²) < 4.78 is 16.4. The molecule has 144 valence electrons. The van der Waals surface area contributed by atoms with Gasteiger partial charge in [-0.2, -0.15) is 0 Å². The molecule has 1 saturated carbocycles. The number of carbonyl (C=O) groups is 3. The third kappa shape index (κ3) is 1.98. The lowest BCUT2D eigenvalue weighted by atomic mass is 9.42. The van der Waals surface area contributed by atoms with Crippen LogP contribution < -0.4 is 0 Å². The Hall–Kier alpha value is -2.37. The molecule has 1 fully saturated rings. The predicted molar refractivity (Wildman–Crippen MR) is 95.2 cm³/mol. The minimum absolute atomic E-state index is 0.111. The molecule has 0 saturated heterocycles. The van der Waals surface area contributed by atoms with Crippen LogP contribution in [0.1, 0.15) is 33.6 Å². The summed E-state index contributed by atoms with van der Waals surface area (Å²) in [7, 11) is 2.92. The molecule has 4 aliphatic rings. The van der Waals surface area contributed by atoms with E-state index in [4.69, 9.17) is 14.2 Å². The van der Waals surface area contributed by atoms with Crippen molar-refractivity contribution in [2.24, 2.45) is 22.7 Å². The van der Waals surface area contributed by atoms with Crippen molar-refractivity contribution in [2.75, 3.05) is 14.2 Å². The molecule has 1 heterocycles. The molecule has 0 radical (unpaired) electrons. The zero-order chi connectivity index (χ0) is 19.7. The third-order valence-corrected chi connectivity index (χ3v) is 7.27. The Kier molecular flexibility index (Phi) is 3.71. The number of hydrogen-bond donors (Lipinski definition) is 0. The highest BCUT2D eigenvalue weighted by atomic mass is 16.5. The second kappa shape index (κ2) is 5.57. The van der Waals surface area contributed by atoms with E-state index in [-0.39, 0.29) is 23.2 Å². The molecule has 5 atom stereocenters. The van der Waals surface area contributed by atoms with Gasteiger partial charge in [-0.05, 0) is 42.9 Å². The first-order valence-electron chi connectivity index (χ1n) is 9.22. The summed E-state index contributed by atoms with van der Waals surface area (Å²) in [6, 6.07) is 0. The van der Waals surface area contributed by atoms with Gasteiger partial charge in [-0.1, -0.05) is 13.8 Å². The van der Waals surface area contributed by atoms with Crippen molar-refractivity contribution in [2.45, 2.75) is 39.7 Å². The molecule has 0 aromatic carbocycles. The second-order valence-corrected chi connectivity index (χ2v) is 8.27. The van der Waals surface area contributed by atoms with Crippen LogP contribution >= 0.6 is 0 Å². The first-order valence-corrected chi connectivity index (χ1v) is 9.22. The summed E-state index contributed by atoms with van der Waals surface area (Å²) in [5, 5.41) is 0. The average molecular weight is 372 g/mol. The Balaban J connectivity index is 2.01. The molecule has 0 N–H and O–H groups in total. The van der Waals surface area contributed by atoms with E-state index in [1.807, 2.05) is 13.8 Å². The standard InChI is InChI=1S/C21H24O6/c1-10-12-9-15(22)27-14-8-11-6-7-13(25-4)19(24)20(11,2)18(21(12,14)3)16(23)17(10)26-5/h7,9,11,14,18H,6,8H2,1-5H3/t11-,14-,18-,20+,21-/m1/s1. The van der Waals surface area contributed by atoms with Gasteiger partial charge in [0.2, 0.25) is 11.6 Å². The van der Waals surface area contributed by atoms with Crippen LogP contribution in [0.5, 0.6) is 0 Å². The molecule has 0 amide bonds. The number of allylic oxidation sites excluding steroid dienone is 4. The Labute approximate surface area is 158 Å². The number of ether oxygens (including phenoxy) is 3. The van der Waals surface area contributed by atoms with Crippen LogP contribution in [0.2, 0.25) is 0 Å². The SMILES string of the molecule is COC1=CC[C@@H]2C[C@H]3OC(=O)C=C4C(C)=C(OC)C(=O)[C@H]([C@@]2(C)C1=O)[C@]43C. The molecule has 1 aliphatic heterocycles. The highest BCUT2D eigenvalue weighted by Crippen LogP contribution is 2.65. The van der Waals surface area contributed by atoms with E-state index in [2.05, 4.69) is 0 Å². The van der Waals surface area contributed by atoms with Crippen LogP contribution in [-0.4, -0.2) is 37.9 Å². The van der Waals surface area contributed by atoms with Crippen LogP contribution in [0.25, 0.3) is 0 Å². The molecule has 0 unspecified atom stereocenters. The topological polar surface area (TPSA) is 78.9 Å². The van der Waals surface area contributed by atoms with Gasteiger partial charge in [0.05, 0.1) is 20.1 Å². The zero-order valence-corrected chi connectivity index (χ0v) is 16.3. The summed E-state index contributed by atoms with van der Waals surface area (Å²) >= 11 is 0. The minimum Gasteiger partial charge on any atom is -0.493 e. The largest absolute Gasteiger partial charge is 0.493 e. The summed E-state index contributed by atoms with van der Waals surface area (Å²) in [5.74, 6) is -1.04. The Morgan fingerprint density at radius 2 is 1.81 bits per heavy atom. The molecular formula is C21H24O6. The van der Waals surface area contributed by atoms with E-state index in [9.17, 15) is 14.4 Å². The first-order chi connectivity index (χ1) is 12.7. The Morgan fingerprint density at radius 1 is 1.11 bits per heavy atom. The van der Waals surface area contributed by atoms with Crippen molar-refractivity contribution < 1.29 is 28.6 Å². The molecule has 0 aromatic rings. The highest BCUT2D eigenvalue weighted by Gasteiger charge is 2.69. The van der Waals surface area contributed by atoms with Crippen molar-refractivity contribution in [3.63, 3.8) is 0 Å². The fourth-order valence-electron chi connectivity index (χ4n) is 5.93. The maximum absolute atomic E-state index is 13.6. The van der Waals surface area contributed by atoms with Gasteiger partial charge >= 0.3 is 5.97 Å². The van der Waals surface area contributed by atoms with E-state index < -0.39 is 28.8 Å². The van der Waals surface area contributed by atoms with E-state index in [0.29, 0.717) is 24.2 Å². The summed E-state index contributed by atoms with van der Waals surface area (Å²) in [6.07, 6.45) is 3.92. The summed E-state index contributed by atoms with van der Waals surface area (Å²) in [5.41, 5.74) is -0.328. The second-order valence-electron chi connectivity index (χ2n) is 8.27. The maximum atomic E-state index is 13.6. The third-order valence-electron chi connectivity index (χ3n) is 7.27. The lowest BCUT2D eigenvalue weighted by molar-refractivity contribution is -0.184. The molecule has 0 spiro atoms. The Bertz CT molecular complexity index is 862. The van der Waals surface area contributed by atoms with E-state index in [1.165, 1.54) is 20.3 Å². The van der Waals surface area contributed by atoms with Gasteiger partial charge in [-0.25, -0.2) is 4.79 Å². The first kappa shape index (κ1) is 18.0. The molecular weight excluding hydrogens is 348 g/mol. The molecule has 4 rings (SSSR count). The van der Waals surface area contributed by atoms with Crippen LogP contribution in [0.3, 0.4) is 0 Å². The van der Waals surface area contributed by atoms with Crippen LogP contribution in [0, 0.1) is 22.7 Å². The smallest absolute Gasteiger partial charge is 0.331 e. The van der Waals surface area contributed by atoms with Gasteiger partial charge in [0.25, 0.3) is 0 Å². The lowest BCUT2D eigenvalue weighted by Gasteiger charge is -2.61. The number of methoxy groups -OCH3 is 2. The number of hydrogen-bond acceptors (Lipinski definition) is 6. The number of fused-ring (bicyclic) bond motifs is 2. The van der Waals surface area contributed by atoms with Gasteiger partial charge in [0.15, 0.2) is 11.5 Å². The number of carbonyl (C=O) groups excluding carboxylic acids is 3. The molecule has 0 bridgehead atoms. The van der Waals surface area contributed by atoms with E-state index in [0.717, 1.165) is 5.57 Å². The van der Waals surface area contributed by atoms with Crippen LogP contribution in [0.4, 0.5) is 0 Å². The van der Waals surface area contributed by atoms with E-state index >= 15 is 0 Å². The van der Waals surface area contributed by atoms with Gasteiger partial charge < -0.3 is 14.2 Å². The van der Waals surface area contributed by atoms with Gasteiger partial charge in [-0.3, -0.25) is 9.59 Å². The fourth-order valence-corrected chi connectivity index (χ4v) is 5.93. The number of Topliss-reactive ketones (excluding diaryl/α,β-unsaturated/α-hetero) is 2. The van der Waals surface area contributed by atoms with Crippen LogP contribution in [-0.2, 0) is 28.6 Å². The molecule has 0 aromatic heterocycles. The summed E-state index contributed by atoms with van der Waals surface area (Å²) in [6.45, 7) is 5.59. The maximum Gasteiger partial charge on any atom is 0.331 e. The molecule has 6 nitrogen and oxygen atoms in total. The monoisotopic (exact) mass is 372 g/mol. The van der Waals surface area contributed by atoms with Crippen molar-refractivity contribution in [1.82, 2.24) is 0 Å². The fraction of sp³-hybridized carbons (Fsp3) is 0.571. The van der Waals surface area contributed by atoms with Crippen LogP contribution in [0.15, 0.2) is 34.8 Å².